The number of aromatic nitrogens is 3. The molecule has 0 spiro atoms. The highest BCUT2D eigenvalue weighted by Crippen LogP contribution is 2.21. The van der Waals surface area contributed by atoms with Crippen molar-refractivity contribution in [1.82, 2.24) is 14.5 Å². The summed E-state index contributed by atoms with van der Waals surface area (Å²) in [6.07, 6.45) is 8.71. The number of ether oxygens (including phenoxy) is 1. The fraction of sp³-hybridized carbons (Fsp3) is 0.250. The number of hydrogen-bond donors (Lipinski definition) is 0. The van der Waals surface area contributed by atoms with Gasteiger partial charge in [-0.15, -0.1) is 0 Å². The van der Waals surface area contributed by atoms with Crippen molar-refractivity contribution in [1.29, 1.82) is 0 Å². The van der Waals surface area contributed by atoms with Gasteiger partial charge in [0.15, 0.2) is 0 Å². The summed E-state index contributed by atoms with van der Waals surface area (Å²) in [6, 6.07) is 9.67. The van der Waals surface area contributed by atoms with Crippen LogP contribution in [0.1, 0.15) is 33.7 Å². The molecule has 0 saturated heterocycles. The van der Waals surface area contributed by atoms with Gasteiger partial charge in [0, 0.05) is 30.0 Å². The van der Waals surface area contributed by atoms with Crippen LogP contribution in [0.4, 0.5) is 0 Å². The molecule has 0 atom stereocenters. The fourth-order valence-corrected chi connectivity index (χ4v) is 2.92. The zero-order valence-corrected chi connectivity index (χ0v) is 14.5. The number of carbonyl (C=O) groups excluding carboxylic acids is 1. The average molecular weight is 335 g/mol. The first-order valence-electron chi connectivity index (χ1n) is 8.32. The second kappa shape index (κ2) is 7.75. The van der Waals surface area contributed by atoms with Gasteiger partial charge in [-0.05, 0) is 62.6 Å². The molecular weight excluding hydrogens is 314 g/mol. The molecule has 25 heavy (non-hydrogen) atoms. The van der Waals surface area contributed by atoms with Crippen LogP contribution < -0.4 is 0 Å². The molecule has 0 aliphatic carbocycles. The minimum absolute atomic E-state index is 0.280. The summed E-state index contributed by atoms with van der Waals surface area (Å²) in [7, 11) is 0. The number of pyridine rings is 2. The van der Waals surface area contributed by atoms with Crippen LogP contribution in [0.15, 0.2) is 55.1 Å². The van der Waals surface area contributed by atoms with Crippen molar-refractivity contribution in [3.63, 3.8) is 0 Å². The Balaban J connectivity index is 1.63. The molecule has 0 saturated carbocycles. The number of carbonyl (C=O) groups is 1. The van der Waals surface area contributed by atoms with Crippen LogP contribution in [-0.2, 0) is 11.2 Å². The Labute approximate surface area is 147 Å². The van der Waals surface area contributed by atoms with Crippen LogP contribution in [0.3, 0.4) is 0 Å². The highest BCUT2D eigenvalue weighted by molar-refractivity contribution is 5.91. The van der Waals surface area contributed by atoms with Crippen molar-refractivity contribution >= 4 is 5.97 Å². The van der Waals surface area contributed by atoms with E-state index in [0.717, 1.165) is 29.9 Å². The maximum Gasteiger partial charge on any atom is 0.339 e. The SMILES string of the molecule is Cc1cc(C(=O)OCCCc2ccncc2)c(C)n1-c1cccnc1. The molecule has 3 aromatic heterocycles. The van der Waals surface area contributed by atoms with E-state index in [2.05, 4.69) is 9.97 Å². The van der Waals surface area contributed by atoms with E-state index in [-0.39, 0.29) is 5.97 Å². The Morgan fingerprint density at radius 1 is 1.12 bits per heavy atom. The van der Waals surface area contributed by atoms with Crippen LogP contribution in [0.2, 0.25) is 0 Å². The second-order valence-corrected chi connectivity index (χ2v) is 5.93. The van der Waals surface area contributed by atoms with E-state index < -0.39 is 0 Å². The third-order valence-electron chi connectivity index (χ3n) is 4.15. The normalized spacial score (nSPS) is 10.6. The highest BCUT2D eigenvalue weighted by atomic mass is 16.5. The van der Waals surface area contributed by atoms with Gasteiger partial charge in [0.2, 0.25) is 0 Å². The maximum atomic E-state index is 12.4. The first-order chi connectivity index (χ1) is 12.2. The number of aryl methyl sites for hydroxylation is 2. The Kier molecular flexibility index (Phi) is 5.23. The van der Waals surface area contributed by atoms with Crippen molar-refractivity contribution in [2.24, 2.45) is 0 Å². The number of rotatable bonds is 6. The van der Waals surface area contributed by atoms with Crippen LogP contribution in [0.5, 0.6) is 0 Å². The molecule has 3 heterocycles. The van der Waals surface area contributed by atoms with E-state index >= 15 is 0 Å². The zero-order valence-electron chi connectivity index (χ0n) is 14.5. The predicted octanol–water partition coefficient (Wildman–Crippen LogP) is 3.67. The molecule has 0 fully saturated rings. The van der Waals surface area contributed by atoms with Gasteiger partial charge in [0.1, 0.15) is 0 Å². The van der Waals surface area contributed by atoms with Crippen LogP contribution in [0, 0.1) is 13.8 Å². The Morgan fingerprint density at radius 2 is 1.92 bits per heavy atom. The summed E-state index contributed by atoms with van der Waals surface area (Å²) >= 11 is 0. The van der Waals surface area contributed by atoms with Gasteiger partial charge in [-0.3, -0.25) is 9.97 Å². The summed E-state index contributed by atoms with van der Waals surface area (Å²) in [6.45, 7) is 4.30. The summed E-state index contributed by atoms with van der Waals surface area (Å²) in [4.78, 5) is 20.6. The van der Waals surface area contributed by atoms with Gasteiger partial charge < -0.3 is 9.30 Å². The molecule has 0 N–H and O–H groups in total. The predicted molar refractivity (Wildman–Crippen MR) is 95.9 cm³/mol. The lowest BCUT2D eigenvalue weighted by molar-refractivity contribution is 0.0500. The van der Waals surface area contributed by atoms with E-state index in [1.54, 1.807) is 24.8 Å². The smallest absolute Gasteiger partial charge is 0.339 e. The van der Waals surface area contributed by atoms with E-state index in [4.69, 9.17) is 4.74 Å². The van der Waals surface area contributed by atoms with Gasteiger partial charge in [0.05, 0.1) is 24.1 Å². The minimum atomic E-state index is -0.280. The van der Waals surface area contributed by atoms with Gasteiger partial charge >= 0.3 is 5.97 Å². The fourth-order valence-electron chi connectivity index (χ4n) is 2.92. The van der Waals surface area contributed by atoms with Crippen molar-refractivity contribution in [2.45, 2.75) is 26.7 Å². The zero-order chi connectivity index (χ0) is 17.6. The third-order valence-corrected chi connectivity index (χ3v) is 4.15. The lowest BCUT2D eigenvalue weighted by Gasteiger charge is -2.09. The quantitative estimate of drug-likeness (QED) is 0.509. The molecule has 0 amide bonds. The lowest BCUT2D eigenvalue weighted by atomic mass is 10.1. The molecule has 0 unspecified atom stereocenters. The first-order valence-corrected chi connectivity index (χ1v) is 8.32. The molecule has 0 radical (unpaired) electrons. The van der Waals surface area contributed by atoms with Crippen LogP contribution >= 0.6 is 0 Å². The maximum absolute atomic E-state index is 12.4. The minimum Gasteiger partial charge on any atom is -0.462 e. The molecule has 3 aromatic rings. The van der Waals surface area contributed by atoms with E-state index in [1.807, 2.05) is 48.7 Å². The molecule has 0 aliphatic heterocycles. The van der Waals surface area contributed by atoms with E-state index in [0.29, 0.717) is 12.2 Å². The lowest BCUT2D eigenvalue weighted by Crippen LogP contribution is -2.09. The van der Waals surface area contributed by atoms with Crippen LogP contribution in [-0.4, -0.2) is 27.1 Å². The van der Waals surface area contributed by atoms with E-state index in [1.165, 1.54) is 5.56 Å². The largest absolute Gasteiger partial charge is 0.462 e. The summed E-state index contributed by atoms with van der Waals surface area (Å²) in [5.74, 6) is -0.280. The molecular formula is C20H21N3O2. The van der Waals surface area contributed by atoms with Crippen molar-refractivity contribution < 1.29 is 9.53 Å². The average Bonchev–Trinajstić information content (AvgIpc) is 2.94. The molecule has 0 aliphatic rings. The molecule has 5 heteroatoms. The Bertz CT molecular complexity index is 842. The van der Waals surface area contributed by atoms with Gasteiger partial charge in [-0.2, -0.15) is 0 Å². The highest BCUT2D eigenvalue weighted by Gasteiger charge is 2.17. The standard InChI is InChI=1S/C20H21N3O2/c1-15-13-19(16(2)23(15)18-6-3-9-22-14-18)20(24)25-12-4-5-17-7-10-21-11-8-17/h3,6-11,13-14H,4-5,12H2,1-2H3. The first kappa shape index (κ1) is 16.9. The van der Waals surface area contributed by atoms with Gasteiger partial charge in [-0.1, -0.05) is 0 Å². The number of nitrogens with zero attached hydrogens (tertiary/aromatic N) is 3. The summed E-state index contributed by atoms with van der Waals surface area (Å²) in [5, 5.41) is 0. The monoisotopic (exact) mass is 335 g/mol. The molecule has 128 valence electrons. The van der Waals surface area contributed by atoms with Gasteiger partial charge in [-0.25, -0.2) is 4.79 Å². The molecule has 0 aromatic carbocycles. The molecule has 0 bridgehead atoms. The van der Waals surface area contributed by atoms with Crippen molar-refractivity contribution in [3.8, 4) is 5.69 Å². The summed E-state index contributed by atoms with van der Waals surface area (Å²) in [5.41, 5.74) is 4.58. The van der Waals surface area contributed by atoms with E-state index in [9.17, 15) is 4.79 Å². The third kappa shape index (κ3) is 3.94. The number of esters is 1. The molecule has 5 nitrogen and oxygen atoms in total. The second-order valence-electron chi connectivity index (χ2n) is 5.93. The molecule has 3 rings (SSSR count). The topological polar surface area (TPSA) is 57.0 Å². The Morgan fingerprint density at radius 3 is 2.64 bits per heavy atom. The number of hydrogen-bond acceptors (Lipinski definition) is 4. The summed E-state index contributed by atoms with van der Waals surface area (Å²) < 4.78 is 7.47. The van der Waals surface area contributed by atoms with Crippen molar-refractivity contribution in [2.75, 3.05) is 6.61 Å². The van der Waals surface area contributed by atoms with Crippen molar-refractivity contribution in [3.05, 3.63) is 77.6 Å². The van der Waals surface area contributed by atoms with Gasteiger partial charge in [0.25, 0.3) is 0 Å². The van der Waals surface area contributed by atoms with Crippen LogP contribution in [0.25, 0.3) is 5.69 Å². The Hall–Kier alpha value is -2.95.